The average Bonchev–Trinajstić information content (AvgIpc) is 3.58. The Bertz CT molecular complexity index is 1340. The third-order valence-electron chi connectivity index (χ3n) is 4.95. The summed E-state index contributed by atoms with van der Waals surface area (Å²) in [6.07, 6.45) is 4.72. The number of aromatic nitrogens is 3. The third-order valence-corrected chi connectivity index (χ3v) is 5.78. The van der Waals surface area contributed by atoms with Crippen LogP contribution >= 0.6 is 11.3 Å². The monoisotopic (exact) mass is 479 g/mol. The van der Waals surface area contributed by atoms with Gasteiger partial charge in [-0.1, -0.05) is 29.8 Å². The summed E-state index contributed by atoms with van der Waals surface area (Å²) in [4.78, 5) is 26.0. The summed E-state index contributed by atoms with van der Waals surface area (Å²) in [5.74, 6) is 6.27. The van der Waals surface area contributed by atoms with Crippen molar-refractivity contribution in [2.75, 3.05) is 12.4 Å². The smallest absolute Gasteiger partial charge is 0.280 e. The number of anilines is 1. The van der Waals surface area contributed by atoms with Gasteiger partial charge in [0.05, 0.1) is 41.3 Å². The van der Waals surface area contributed by atoms with Crippen molar-refractivity contribution < 1.29 is 18.3 Å². The number of nitrogens with one attached hydrogen (secondary N) is 2. The Labute approximate surface area is 198 Å². The molecule has 1 saturated carbocycles. The van der Waals surface area contributed by atoms with Crippen molar-refractivity contribution in [3.05, 3.63) is 65.2 Å². The largest absolute Gasteiger partial charge is 0.494 e. The van der Waals surface area contributed by atoms with Crippen molar-refractivity contribution in [3.63, 3.8) is 0 Å². The molecule has 1 aliphatic rings. The molecule has 3 aromatic heterocycles. The number of rotatable bonds is 7. The molecule has 10 heteroatoms. The second-order valence-corrected chi connectivity index (χ2v) is 8.40. The van der Waals surface area contributed by atoms with E-state index < -0.39 is 18.0 Å². The number of nitrogens with zero attached hydrogens (tertiary/aromatic N) is 3. The SMILES string of the molecule is C=CC(=N)c1cc(-c2cc(C(F)F)ncc2OC)c(C(=O)Nc2ncc(C#CC3CC3)s2)cn1. The maximum atomic E-state index is 13.4. The normalized spacial score (nSPS) is 12.6. The highest BCUT2D eigenvalue weighted by Crippen LogP contribution is 2.35. The van der Waals surface area contributed by atoms with E-state index in [-0.39, 0.29) is 33.8 Å². The van der Waals surface area contributed by atoms with E-state index >= 15 is 0 Å². The van der Waals surface area contributed by atoms with Crippen LogP contribution in [0.25, 0.3) is 11.1 Å². The summed E-state index contributed by atoms with van der Waals surface area (Å²) in [6.45, 7) is 3.56. The topological polar surface area (TPSA) is 101 Å². The van der Waals surface area contributed by atoms with E-state index in [1.165, 1.54) is 43.0 Å². The summed E-state index contributed by atoms with van der Waals surface area (Å²) in [6, 6.07) is 2.62. The van der Waals surface area contributed by atoms with Gasteiger partial charge < -0.3 is 4.74 Å². The van der Waals surface area contributed by atoms with Crippen LogP contribution in [0.2, 0.25) is 0 Å². The number of carbonyl (C=O) groups is 1. The van der Waals surface area contributed by atoms with Gasteiger partial charge in [-0.2, -0.15) is 0 Å². The van der Waals surface area contributed by atoms with Gasteiger partial charge in [0.15, 0.2) is 5.13 Å². The van der Waals surface area contributed by atoms with Crippen LogP contribution in [0.4, 0.5) is 13.9 Å². The Morgan fingerprint density at radius 1 is 1.26 bits per heavy atom. The van der Waals surface area contributed by atoms with Crippen LogP contribution in [0.1, 0.15) is 45.9 Å². The number of ether oxygens (including phenoxy) is 1. The van der Waals surface area contributed by atoms with Gasteiger partial charge in [-0.3, -0.25) is 25.5 Å². The summed E-state index contributed by atoms with van der Waals surface area (Å²) < 4.78 is 32.0. The van der Waals surface area contributed by atoms with Crippen molar-refractivity contribution in [1.82, 2.24) is 15.0 Å². The fourth-order valence-electron chi connectivity index (χ4n) is 3.02. The molecule has 7 nitrogen and oxygen atoms in total. The summed E-state index contributed by atoms with van der Waals surface area (Å²) in [7, 11) is 1.37. The molecular formula is C24H19F2N5O2S. The lowest BCUT2D eigenvalue weighted by molar-refractivity contribution is 0.102. The van der Waals surface area contributed by atoms with Gasteiger partial charge in [0.1, 0.15) is 11.4 Å². The lowest BCUT2D eigenvalue weighted by atomic mass is 9.98. The zero-order valence-corrected chi connectivity index (χ0v) is 18.9. The summed E-state index contributed by atoms with van der Waals surface area (Å²) in [5, 5.41) is 11.1. The van der Waals surface area contributed by atoms with Gasteiger partial charge in [-0.25, -0.2) is 13.8 Å². The first kappa shape index (κ1) is 23.2. The van der Waals surface area contributed by atoms with E-state index in [9.17, 15) is 13.6 Å². The van der Waals surface area contributed by atoms with E-state index in [2.05, 4.69) is 38.7 Å². The lowest BCUT2D eigenvalue weighted by Crippen LogP contribution is -2.15. The first-order chi connectivity index (χ1) is 16.4. The van der Waals surface area contributed by atoms with Crippen molar-refractivity contribution in [1.29, 1.82) is 5.41 Å². The minimum absolute atomic E-state index is 0.00844. The number of amides is 1. The number of hydrogen-bond acceptors (Lipinski definition) is 7. The van der Waals surface area contributed by atoms with Crippen molar-refractivity contribution >= 4 is 28.1 Å². The zero-order valence-electron chi connectivity index (χ0n) is 18.1. The van der Waals surface area contributed by atoms with Crippen LogP contribution in [-0.2, 0) is 0 Å². The molecule has 172 valence electrons. The predicted octanol–water partition coefficient (Wildman–Crippen LogP) is 5.11. The van der Waals surface area contributed by atoms with E-state index in [4.69, 9.17) is 10.1 Å². The molecule has 0 spiro atoms. The fourth-order valence-corrected chi connectivity index (χ4v) is 3.69. The van der Waals surface area contributed by atoms with Crippen molar-refractivity contribution in [3.8, 4) is 28.7 Å². The Balaban J connectivity index is 1.74. The fraction of sp³-hybridized carbons (Fsp3) is 0.208. The molecular weight excluding hydrogens is 460 g/mol. The molecule has 2 N–H and O–H groups in total. The van der Waals surface area contributed by atoms with Crippen LogP contribution < -0.4 is 10.1 Å². The molecule has 0 bridgehead atoms. The van der Waals surface area contributed by atoms with E-state index in [0.717, 1.165) is 23.8 Å². The second kappa shape index (κ2) is 9.89. The Hall–Kier alpha value is -3.97. The number of alkyl halides is 2. The molecule has 1 fully saturated rings. The number of carbonyl (C=O) groups excluding carboxylic acids is 1. The van der Waals surface area contributed by atoms with Gasteiger partial charge in [0, 0.05) is 23.2 Å². The second-order valence-electron chi connectivity index (χ2n) is 7.37. The van der Waals surface area contributed by atoms with E-state index in [0.29, 0.717) is 11.0 Å². The van der Waals surface area contributed by atoms with Crippen molar-refractivity contribution in [2.45, 2.75) is 19.3 Å². The molecule has 0 radical (unpaired) electrons. The van der Waals surface area contributed by atoms with Crippen molar-refractivity contribution in [2.24, 2.45) is 5.92 Å². The first-order valence-corrected chi connectivity index (χ1v) is 11.0. The van der Waals surface area contributed by atoms with Gasteiger partial charge in [-0.15, -0.1) is 0 Å². The molecule has 0 atom stereocenters. The molecule has 0 saturated heterocycles. The number of pyridine rings is 2. The zero-order chi connectivity index (χ0) is 24.2. The maximum absolute atomic E-state index is 13.4. The first-order valence-electron chi connectivity index (χ1n) is 10.2. The predicted molar refractivity (Wildman–Crippen MR) is 126 cm³/mol. The molecule has 3 heterocycles. The van der Waals surface area contributed by atoms with Crippen LogP contribution in [-0.4, -0.2) is 33.7 Å². The van der Waals surface area contributed by atoms with Gasteiger partial charge in [-0.05, 0) is 31.1 Å². The molecule has 1 amide bonds. The number of hydrogen-bond donors (Lipinski definition) is 2. The van der Waals surface area contributed by atoms with E-state index in [1.807, 2.05) is 0 Å². The highest BCUT2D eigenvalue weighted by Gasteiger charge is 2.22. The Morgan fingerprint density at radius 2 is 2.06 bits per heavy atom. The quantitative estimate of drug-likeness (QED) is 0.362. The number of thiazole rings is 1. The maximum Gasteiger partial charge on any atom is 0.280 e. The third kappa shape index (κ3) is 5.15. The van der Waals surface area contributed by atoms with Gasteiger partial charge in [0.25, 0.3) is 12.3 Å². The highest BCUT2D eigenvalue weighted by atomic mass is 32.1. The summed E-state index contributed by atoms with van der Waals surface area (Å²) >= 11 is 1.23. The molecule has 34 heavy (non-hydrogen) atoms. The molecule has 4 rings (SSSR count). The van der Waals surface area contributed by atoms with Gasteiger partial charge >= 0.3 is 0 Å². The lowest BCUT2D eigenvalue weighted by Gasteiger charge is -2.14. The van der Waals surface area contributed by atoms with Crippen LogP contribution in [0, 0.1) is 23.2 Å². The molecule has 1 aliphatic carbocycles. The van der Waals surface area contributed by atoms with Gasteiger partial charge in [0.2, 0.25) is 0 Å². The molecule has 0 aromatic carbocycles. The van der Waals surface area contributed by atoms with Crippen LogP contribution in [0.5, 0.6) is 5.75 Å². The van der Waals surface area contributed by atoms with Crippen LogP contribution in [0.3, 0.4) is 0 Å². The minimum atomic E-state index is -2.82. The standard InChI is InChI=1S/C24H19F2N5O2S/c1-3-18(27)19-8-15(16-9-20(22(25)26)29-12-21(16)33-2)17(11-28-19)23(32)31-24-30-10-14(34-24)7-6-13-4-5-13/h3,8-13,22,27H,1,4-5H2,2H3,(H,30,31,32). The van der Waals surface area contributed by atoms with Crippen LogP contribution in [0.15, 0.2) is 43.4 Å². The Morgan fingerprint density at radius 3 is 2.74 bits per heavy atom. The number of allylic oxidation sites excluding steroid dienone is 1. The minimum Gasteiger partial charge on any atom is -0.494 e. The van der Waals surface area contributed by atoms with E-state index in [1.54, 1.807) is 6.20 Å². The molecule has 0 aliphatic heterocycles. The molecule has 3 aromatic rings. The average molecular weight is 480 g/mol. The highest BCUT2D eigenvalue weighted by molar-refractivity contribution is 7.16. The molecule has 0 unspecified atom stereocenters. The number of methoxy groups -OCH3 is 1. The number of halogens is 2. The Kier molecular flexibility index (Phi) is 6.75. The summed E-state index contributed by atoms with van der Waals surface area (Å²) in [5.41, 5.74) is 0.304.